The zero-order valence-electron chi connectivity index (χ0n) is 11.9. The molecule has 0 unspecified atom stereocenters. The van der Waals surface area contributed by atoms with Crippen LogP contribution in [0.3, 0.4) is 0 Å². The summed E-state index contributed by atoms with van der Waals surface area (Å²) in [6.07, 6.45) is 2.20. The van der Waals surface area contributed by atoms with E-state index < -0.39 is 10.0 Å². The van der Waals surface area contributed by atoms with E-state index in [2.05, 4.69) is 9.71 Å². The zero-order valence-corrected chi connectivity index (χ0v) is 12.7. The number of aryl methyl sites for hydroxylation is 1. The molecule has 3 N–H and O–H groups in total. The monoisotopic (exact) mass is 305 g/mol. The molecule has 0 spiro atoms. The standard InChI is InChI=1S/C15H19N3O2S/c1-2-12-5-3-4-6-13(12)10-18-21(19,20)15-8-7-14(9-16)17-11-15/h3-8,11,18H,2,9-10,16H2,1H3. The summed E-state index contributed by atoms with van der Waals surface area (Å²) in [5, 5.41) is 0. The summed E-state index contributed by atoms with van der Waals surface area (Å²) in [6.45, 7) is 2.60. The van der Waals surface area contributed by atoms with Crippen LogP contribution in [0.25, 0.3) is 0 Å². The molecule has 1 heterocycles. The summed E-state index contributed by atoms with van der Waals surface area (Å²) in [7, 11) is -3.56. The average molecular weight is 305 g/mol. The lowest BCUT2D eigenvalue weighted by Gasteiger charge is -2.10. The lowest BCUT2D eigenvalue weighted by atomic mass is 10.1. The first-order chi connectivity index (χ1) is 10.1. The van der Waals surface area contributed by atoms with Crippen LogP contribution in [-0.4, -0.2) is 13.4 Å². The molecule has 5 nitrogen and oxygen atoms in total. The number of nitrogens with zero attached hydrogens (tertiary/aromatic N) is 1. The van der Waals surface area contributed by atoms with Crippen molar-refractivity contribution in [2.75, 3.05) is 0 Å². The summed E-state index contributed by atoms with van der Waals surface area (Å²) < 4.78 is 27.0. The quantitative estimate of drug-likeness (QED) is 0.848. The van der Waals surface area contributed by atoms with Gasteiger partial charge in [-0.1, -0.05) is 31.2 Å². The summed E-state index contributed by atoms with van der Waals surface area (Å²) >= 11 is 0. The molecule has 0 saturated heterocycles. The molecule has 0 radical (unpaired) electrons. The number of pyridine rings is 1. The minimum absolute atomic E-state index is 0.147. The second-order valence-electron chi connectivity index (χ2n) is 4.64. The molecule has 0 saturated carbocycles. The largest absolute Gasteiger partial charge is 0.325 e. The van der Waals surface area contributed by atoms with Gasteiger partial charge in [0.2, 0.25) is 10.0 Å². The van der Waals surface area contributed by atoms with Crippen LogP contribution in [0.15, 0.2) is 47.5 Å². The second-order valence-corrected chi connectivity index (χ2v) is 6.40. The van der Waals surface area contributed by atoms with Crippen molar-refractivity contribution < 1.29 is 8.42 Å². The maximum Gasteiger partial charge on any atom is 0.242 e. The average Bonchev–Trinajstić information content (AvgIpc) is 2.53. The molecule has 6 heteroatoms. The van der Waals surface area contributed by atoms with Gasteiger partial charge < -0.3 is 5.73 Å². The van der Waals surface area contributed by atoms with E-state index in [1.165, 1.54) is 12.3 Å². The molecule has 2 aromatic rings. The third-order valence-electron chi connectivity index (χ3n) is 3.27. The Bertz CT molecular complexity index is 697. The first-order valence-electron chi connectivity index (χ1n) is 6.78. The van der Waals surface area contributed by atoms with Gasteiger partial charge in [0.1, 0.15) is 4.90 Å². The predicted octanol–water partition coefficient (Wildman–Crippen LogP) is 1.58. The Labute approximate surface area is 125 Å². The lowest BCUT2D eigenvalue weighted by molar-refractivity contribution is 0.580. The molecule has 0 aliphatic heterocycles. The molecule has 112 valence electrons. The SMILES string of the molecule is CCc1ccccc1CNS(=O)(=O)c1ccc(CN)nc1. The number of aromatic nitrogens is 1. The van der Waals surface area contributed by atoms with E-state index in [1.54, 1.807) is 6.07 Å². The van der Waals surface area contributed by atoms with Crippen molar-refractivity contribution in [2.45, 2.75) is 31.3 Å². The molecule has 1 aromatic carbocycles. The van der Waals surface area contributed by atoms with E-state index in [4.69, 9.17) is 5.73 Å². The summed E-state index contributed by atoms with van der Waals surface area (Å²) in [6, 6.07) is 10.9. The Morgan fingerprint density at radius 1 is 1.14 bits per heavy atom. The van der Waals surface area contributed by atoms with Crippen LogP contribution in [0.4, 0.5) is 0 Å². The molecule has 0 bridgehead atoms. The molecular formula is C15H19N3O2S. The molecule has 0 aliphatic carbocycles. The minimum atomic E-state index is -3.56. The van der Waals surface area contributed by atoms with Crippen LogP contribution < -0.4 is 10.5 Å². The Kier molecular flexibility index (Phi) is 5.06. The molecule has 0 atom stereocenters. The third-order valence-corrected chi connectivity index (χ3v) is 4.66. The van der Waals surface area contributed by atoms with Crippen LogP contribution in [0, 0.1) is 0 Å². The van der Waals surface area contributed by atoms with Crippen molar-refractivity contribution in [3.63, 3.8) is 0 Å². The van der Waals surface area contributed by atoms with Crippen molar-refractivity contribution in [3.05, 3.63) is 59.4 Å². The Morgan fingerprint density at radius 2 is 1.86 bits per heavy atom. The van der Waals surface area contributed by atoms with Crippen LogP contribution in [0.5, 0.6) is 0 Å². The number of hydrogen-bond acceptors (Lipinski definition) is 4. The highest BCUT2D eigenvalue weighted by molar-refractivity contribution is 7.89. The highest BCUT2D eigenvalue weighted by atomic mass is 32.2. The number of nitrogens with one attached hydrogen (secondary N) is 1. The highest BCUT2D eigenvalue weighted by Crippen LogP contribution is 2.12. The minimum Gasteiger partial charge on any atom is -0.325 e. The van der Waals surface area contributed by atoms with E-state index in [1.807, 2.05) is 31.2 Å². The van der Waals surface area contributed by atoms with Gasteiger partial charge in [-0.05, 0) is 29.7 Å². The van der Waals surface area contributed by atoms with Crippen LogP contribution in [-0.2, 0) is 29.5 Å². The third kappa shape index (κ3) is 3.87. The smallest absolute Gasteiger partial charge is 0.242 e. The summed E-state index contributed by atoms with van der Waals surface area (Å²) in [5.41, 5.74) is 8.22. The van der Waals surface area contributed by atoms with Gasteiger partial charge in [-0.2, -0.15) is 0 Å². The van der Waals surface area contributed by atoms with Gasteiger partial charge in [-0.25, -0.2) is 13.1 Å². The molecule has 1 aromatic heterocycles. The second kappa shape index (κ2) is 6.80. The van der Waals surface area contributed by atoms with Crippen LogP contribution >= 0.6 is 0 Å². The van der Waals surface area contributed by atoms with E-state index in [0.29, 0.717) is 5.69 Å². The normalized spacial score (nSPS) is 11.5. The molecule has 2 rings (SSSR count). The van der Waals surface area contributed by atoms with Gasteiger partial charge in [-0.15, -0.1) is 0 Å². The molecule has 21 heavy (non-hydrogen) atoms. The topological polar surface area (TPSA) is 85.1 Å². The number of benzene rings is 1. The van der Waals surface area contributed by atoms with E-state index in [0.717, 1.165) is 17.5 Å². The maximum atomic E-state index is 12.2. The van der Waals surface area contributed by atoms with Gasteiger partial charge in [-0.3, -0.25) is 4.98 Å². The first kappa shape index (κ1) is 15.6. The fraction of sp³-hybridized carbons (Fsp3) is 0.267. The molecule has 0 aliphatic rings. The Balaban J connectivity index is 2.13. The Hall–Kier alpha value is -1.76. The van der Waals surface area contributed by atoms with Crippen LogP contribution in [0.1, 0.15) is 23.7 Å². The van der Waals surface area contributed by atoms with E-state index in [9.17, 15) is 8.42 Å². The van der Waals surface area contributed by atoms with Gasteiger partial charge in [0, 0.05) is 19.3 Å². The summed E-state index contributed by atoms with van der Waals surface area (Å²) in [5.74, 6) is 0. The first-order valence-corrected chi connectivity index (χ1v) is 8.26. The number of sulfonamides is 1. The van der Waals surface area contributed by atoms with Crippen molar-refractivity contribution >= 4 is 10.0 Å². The number of rotatable bonds is 6. The molecule has 0 fully saturated rings. The van der Waals surface area contributed by atoms with Gasteiger partial charge in [0.25, 0.3) is 0 Å². The van der Waals surface area contributed by atoms with Crippen LogP contribution in [0.2, 0.25) is 0 Å². The van der Waals surface area contributed by atoms with Crippen molar-refractivity contribution in [2.24, 2.45) is 5.73 Å². The number of nitrogens with two attached hydrogens (primary N) is 1. The van der Waals surface area contributed by atoms with Crippen molar-refractivity contribution in [1.29, 1.82) is 0 Å². The van der Waals surface area contributed by atoms with Gasteiger partial charge in [0.15, 0.2) is 0 Å². The molecular weight excluding hydrogens is 286 g/mol. The summed E-state index contributed by atoms with van der Waals surface area (Å²) in [4.78, 5) is 4.15. The van der Waals surface area contributed by atoms with Crippen molar-refractivity contribution in [3.8, 4) is 0 Å². The fourth-order valence-corrected chi connectivity index (χ4v) is 2.97. The predicted molar refractivity (Wildman–Crippen MR) is 82.0 cm³/mol. The maximum absolute atomic E-state index is 12.2. The van der Waals surface area contributed by atoms with Gasteiger partial charge in [0.05, 0.1) is 5.69 Å². The van der Waals surface area contributed by atoms with E-state index >= 15 is 0 Å². The Morgan fingerprint density at radius 3 is 2.43 bits per heavy atom. The fourth-order valence-electron chi connectivity index (χ4n) is 2.02. The molecule has 0 amide bonds. The zero-order chi connectivity index (χ0) is 15.3. The number of hydrogen-bond donors (Lipinski definition) is 2. The van der Waals surface area contributed by atoms with Crippen molar-refractivity contribution in [1.82, 2.24) is 9.71 Å². The van der Waals surface area contributed by atoms with Gasteiger partial charge >= 0.3 is 0 Å². The lowest BCUT2D eigenvalue weighted by Crippen LogP contribution is -2.24. The highest BCUT2D eigenvalue weighted by Gasteiger charge is 2.14. The van der Waals surface area contributed by atoms with E-state index in [-0.39, 0.29) is 18.0 Å².